The first-order chi connectivity index (χ1) is 12.8. The van der Waals surface area contributed by atoms with Gasteiger partial charge in [0.2, 0.25) is 11.8 Å². The lowest BCUT2D eigenvalue weighted by Gasteiger charge is -2.21. The zero-order valence-corrected chi connectivity index (χ0v) is 16.0. The summed E-state index contributed by atoms with van der Waals surface area (Å²) in [5, 5.41) is 2.85. The van der Waals surface area contributed by atoms with E-state index >= 15 is 0 Å². The third kappa shape index (κ3) is 5.17. The number of nitrogens with zero attached hydrogens (tertiary/aromatic N) is 1. The fourth-order valence-corrected chi connectivity index (χ4v) is 2.60. The van der Waals surface area contributed by atoms with Crippen LogP contribution in [0.3, 0.4) is 0 Å². The van der Waals surface area contributed by atoms with Gasteiger partial charge in [0.05, 0.1) is 12.2 Å². The molecule has 0 saturated carbocycles. The Morgan fingerprint density at radius 1 is 1.04 bits per heavy atom. The predicted molar refractivity (Wildman–Crippen MR) is 105 cm³/mol. The Labute approximate surface area is 159 Å². The molecule has 6 heteroatoms. The van der Waals surface area contributed by atoms with Gasteiger partial charge >= 0.3 is 5.97 Å². The lowest BCUT2D eigenvalue weighted by Crippen LogP contribution is -2.36. The maximum atomic E-state index is 12.4. The van der Waals surface area contributed by atoms with Gasteiger partial charge in [-0.25, -0.2) is 4.79 Å². The van der Waals surface area contributed by atoms with Crippen LogP contribution < -0.4 is 10.2 Å². The summed E-state index contributed by atoms with van der Waals surface area (Å²) in [5.41, 5.74) is 3.71. The Morgan fingerprint density at radius 2 is 1.70 bits per heavy atom. The number of hydrogen-bond acceptors (Lipinski definition) is 4. The molecule has 0 saturated heterocycles. The molecule has 0 bridgehead atoms. The van der Waals surface area contributed by atoms with Crippen molar-refractivity contribution in [2.24, 2.45) is 0 Å². The van der Waals surface area contributed by atoms with E-state index in [0.717, 1.165) is 16.8 Å². The first-order valence-electron chi connectivity index (χ1n) is 8.74. The molecule has 6 nitrogen and oxygen atoms in total. The number of aryl methyl sites for hydroxylation is 1. The molecular formula is C21H24N2O4. The fraction of sp³-hybridized carbons (Fsp3) is 0.286. The quantitative estimate of drug-likeness (QED) is 0.792. The van der Waals surface area contributed by atoms with Gasteiger partial charge in [0.25, 0.3) is 0 Å². The molecule has 2 amide bonds. The third-order valence-electron chi connectivity index (χ3n) is 4.25. The molecule has 0 atom stereocenters. The normalized spacial score (nSPS) is 10.2. The fourth-order valence-electron chi connectivity index (χ4n) is 2.60. The van der Waals surface area contributed by atoms with Crippen LogP contribution in [0.15, 0.2) is 42.5 Å². The Morgan fingerprint density at radius 3 is 2.30 bits per heavy atom. The summed E-state index contributed by atoms with van der Waals surface area (Å²) < 4.78 is 4.94. The van der Waals surface area contributed by atoms with Crippen LogP contribution in [-0.2, 0) is 14.3 Å². The molecule has 0 aliphatic carbocycles. The van der Waals surface area contributed by atoms with Crippen molar-refractivity contribution < 1.29 is 19.1 Å². The molecule has 0 heterocycles. The predicted octanol–water partition coefficient (Wildman–Crippen LogP) is 3.47. The van der Waals surface area contributed by atoms with E-state index in [1.54, 1.807) is 31.2 Å². The van der Waals surface area contributed by atoms with E-state index in [2.05, 4.69) is 5.32 Å². The lowest BCUT2D eigenvalue weighted by molar-refractivity contribution is -0.120. The molecule has 0 radical (unpaired) electrons. The molecule has 0 unspecified atom stereocenters. The Bertz CT molecular complexity index is 844. The van der Waals surface area contributed by atoms with E-state index in [0.29, 0.717) is 17.9 Å². The first kappa shape index (κ1) is 20.2. The lowest BCUT2D eigenvalue weighted by atomic mass is 10.1. The minimum atomic E-state index is -0.425. The highest BCUT2D eigenvalue weighted by molar-refractivity contribution is 6.02. The number of carbonyl (C=O) groups is 3. The summed E-state index contributed by atoms with van der Waals surface area (Å²) in [6, 6.07) is 12.1. The van der Waals surface area contributed by atoms with Gasteiger partial charge in [-0.15, -0.1) is 0 Å². The van der Waals surface area contributed by atoms with Crippen molar-refractivity contribution in [3.63, 3.8) is 0 Å². The van der Waals surface area contributed by atoms with Gasteiger partial charge in [-0.1, -0.05) is 12.1 Å². The van der Waals surface area contributed by atoms with Crippen LogP contribution >= 0.6 is 0 Å². The van der Waals surface area contributed by atoms with Crippen LogP contribution in [-0.4, -0.2) is 30.9 Å². The molecule has 27 heavy (non-hydrogen) atoms. The minimum absolute atomic E-state index is 0.124. The standard InChI is InChI=1S/C21H24N2O4/c1-5-27-21(26)17-9-11-18(12-10-17)23(16(4)24)13-20(25)22-19-8-6-7-14(2)15(19)3/h6-12H,5,13H2,1-4H3,(H,22,25). The van der Waals surface area contributed by atoms with Gasteiger partial charge in [-0.2, -0.15) is 0 Å². The van der Waals surface area contributed by atoms with Crippen LogP contribution in [0.1, 0.15) is 35.3 Å². The summed E-state index contributed by atoms with van der Waals surface area (Å²) in [5.74, 6) is -0.991. The Balaban J connectivity index is 2.13. The summed E-state index contributed by atoms with van der Waals surface area (Å²) >= 11 is 0. The average Bonchev–Trinajstić information content (AvgIpc) is 2.64. The van der Waals surface area contributed by atoms with Crippen LogP contribution in [0.25, 0.3) is 0 Å². The van der Waals surface area contributed by atoms with Crippen molar-refractivity contribution in [2.75, 3.05) is 23.4 Å². The summed E-state index contributed by atoms with van der Waals surface area (Å²) in [7, 11) is 0. The summed E-state index contributed by atoms with van der Waals surface area (Å²) in [4.78, 5) is 37.6. The molecular weight excluding hydrogens is 344 g/mol. The summed E-state index contributed by atoms with van der Waals surface area (Å²) in [6.45, 7) is 7.20. The number of rotatable bonds is 6. The van der Waals surface area contributed by atoms with E-state index in [9.17, 15) is 14.4 Å². The van der Waals surface area contributed by atoms with Crippen molar-refractivity contribution >= 4 is 29.2 Å². The molecule has 0 aliphatic rings. The first-order valence-corrected chi connectivity index (χ1v) is 8.74. The van der Waals surface area contributed by atoms with Crippen molar-refractivity contribution in [3.05, 3.63) is 59.2 Å². The highest BCUT2D eigenvalue weighted by Crippen LogP contribution is 2.19. The molecule has 2 aromatic carbocycles. The third-order valence-corrected chi connectivity index (χ3v) is 4.25. The second kappa shape index (κ2) is 8.98. The number of carbonyl (C=O) groups excluding carboxylic acids is 3. The van der Waals surface area contributed by atoms with Gasteiger partial charge in [0.1, 0.15) is 6.54 Å². The Hall–Kier alpha value is -3.15. The van der Waals surface area contributed by atoms with Gasteiger partial charge in [-0.3, -0.25) is 9.59 Å². The maximum absolute atomic E-state index is 12.4. The largest absolute Gasteiger partial charge is 0.462 e. The maximum Gasteiger partial charge on any atom is 0.338 e. The number of amides is 2. The topological polar surface area (TPSA) is 75.7 Å². The number of hydrogen-bond donors (Lipinski definition) is 1. The smallest absolute Gasteiger partial charge is 0.338 e. The van der Waals surface area contributed by atoms with Gasteiger partial charge in [0.15, 0.2) is 0 Å². The van der Waals surface area contributed by atoms with Crippen molar-refractivity contribution in [1.82, 2.24) is 0 Å². The minimum Gasteiger partial charge on any atom is -0.462 e. The molecule has 0 aromatic heterocycles. The highest BCUT2D eigenvalue weighted by atomic mass is 16.5. The Kier molecular flexibility index (Phi) is 6.71. The zero-order chi connectivity index (χ0) is 20.0. The SMILES string of the molecule is CCOC(=O)c1ccc(N(CC(=O)Nc2cccc(C)c2C)C(C)=O)cc1. The molecule has 2 rings (SSSR count). The number of esters is 1. The number of ether oxygens (including phenoxy) is 1. The van der Waals surface area contributed by atoms with Gasteiger partial charge < -0.3 is 15.0 Å². The van der Waals surface area contributed by atoms with Crippen LogP contribution in [0.2, 0.25) is 0 Å². The van der Waals surface area contributed by atoms with E-state index < -0.39 is 5.97 Å². The average molecular weight is 368 g/mol. The number of benzene rings is 2. The van der Waals surface area contributed by atoms with Crippen LogP contribution in [0.5, 0.6) is 0 Å². The van der Waals surface area contributed by atoms with E-state index in [-0.39, 0.29) is 18.4 Å². The van der Waals surface area contributed by atoms with Crippen molar-refractivity contribution in [2.45, 2.75) is 27.7 Å². The van der Waals surface area contributed by atoms with E-state index in [1.165, 1.54) is 11.8 Å². The molecule has 0 spiro atoms. The molecule has 0 fully saturated rings. The van der Waals surface area contributed by atoms with Crippen molar-refractivity contribution in [3.8, 4) is 0 Å². The van der Waals surface area contributed by atoms with E-state index in [1.807, 2.05) is 32.0 Å². The van der Waals surface area contributed by atoms with Crippen LogP contribution in [0, 0.1) is 13.8 Å². The van der Waals surface area contributed by atoms with Gasteiger partial charge in [0, 0.05) is 18.3 Å². The molecule has 142 valence electrons. The molecule has 0 aliphatic heterocycles. The second-order valence-corrected chi connectivity index (χ2v) is 6.17. The highest BCUT2D eigenvalue weighted by Gasteiger charge is 2.17. The zero-order valence-electron chi connectivity index (χ0n) is 16.0. The number of anilines is 2. The monoisotopic (exact) mass is 368 g/mol. The van der Waals surface area contributed by atoms with Gasteiger partial charge in [-0.05, 0) is 62.2 Å². The van der Waals surface area contributed by atoms with Crippen molar-refractivity contribution in [1.29, 1.82) is 0 Å². The number of nitrogens with one attached hydrogen (secondary N) is 1. The summed E-state index contributed by atoms with van der Waals surface area (Å²) in [6.07, 6.45) is 0. The molecule has 1 N–H and O–H groups in total. The molecule has 2 aromatic rings. The second-order valence-electron chi connectivity index (χ2n) is 6.17. The van der Waals surface area contributed by atoms with Crippen LogP contribution in [0.4, 0.5) is 11.4 Å². The van der Waals surface area contributed by atoms with E-state index in [4.69, 9.17) is 4.74 Å².